The molecule has 1 aliphatic heterocycles. The molecule has 0 atom stereocenters. The van der Waals surface area contributed by atoms with Gasteiger partial charge in [0, 0.05) is 30.5 Å². The van der Waals surface area contributed by atoms with E-state index in [-0.39, 0.29) is 11.5 Å². The summed E-state index contributed by atoms with van der Waals surface area (Å²) in [7, 11) is 0. The number of aryl methyl sites for hydroxylation is 1. The van der Waals surface area contributed by atoms with Crippen LogP contribution in [-0.4, -0.2) is 23.3 Å². The average molecular weight is 313 g/mol. The van der Waals surface area contributed by atoms with Gasteiger partial charge in [-0.2, -0.15) is 0 Å². The van der Waals surface area contributed by atoms with Gasteiger partial charge < -0.3 is 10.2 Å². The predicted octanol–water partition coefficient (Wildman–Crippen LogP) is 2.91. The number of amides is 2. The quantitative estimate of drug-likeness (QED) is 0.947. The molecule has 1 aliphatic rings. The van der Waals surface area contributed by atoms with E-state index in [0.29, 0.717) is 18.7 Å². The Bertz CT molecular complexity index is 776. The summed E-state index contributed by atoms with van der Waals surface area (Å²) in [5, 5.41) is 2.66. The Balaban J connectivity index is 1.79. The van der Waals surface area contributed by atoms with E-state index in [0.717, 1.165) is 23.9 Å². The summed E-state index contributed by atoms with van der Waals surface area (Å²) in [6, 6.07) is 6.62. The molecule has 0 aliphatic carbocycles. The van der Waals surface area contributed by atoms with E-state index in [1.807, 2.05) is 6.92 Å². The molecule has 1 N–H and O–H groups in total. The molecule has 1 fully saturated rings. The maximum Gasteiger partial charge on any atom is 0.258 e. The highest BCUT2D eigenvalue weighted by atomic mass is 19.1. The van der Waals surface area contributed by atoms with Gasteiger partial charge in [-0.1, -0.05) is 0 Å². The number of carbonyl (C=O) groups excluding carboxylic acids is 2. The van der Waals surface area contributed by atoms with Crippen molar-refractivity contribution in [2.75, 3.05) is 16.8 Å². The van der Waals surface area contributed by atoms with E-state index in [9.17, 15) is 14.0 Å². The van der Waals surface area contributed by atoms with Gasteiger partial charge in [0.25, 0.3) is 5.91 Å². The minimum absolute atomic E-state index is 0.0588. The van der Waals surface area contributed by atoms with Crippen LogP contribution in [0, 0.1) is 12.7 Å². The fourth-order valence-corrected chi connectivity index (χ4v) is 2.70. The SMILES string of the molecule is Cc1cc(NC(=O)c2ccncc2F)ccc1N1CCCC1=O. The van der Waals surface area contributed by atoms with Crippen LogP contribution in [0.1, 0.15) is 28.8 Å². The van der Waals surface area contributed by atoms with Crippen LogP contribution in [-0.2, 0) is 4.79 Å². The molecule has 0 unspecified atom stereocenters. The van der Waals surface area contributed by atoms with Crippen LogP contribution in [0.2, 0.25) is 0 Å². The molecule has 0 bridgehead atoms. The number of anilines is 2. The van der Waals surface area contributed by atoms with Crippen LogP contribution in [0.3, 0.4) is 0 Å². The largest absolute Gasteiger partial charge is 0.322 e. The minimum atomic E-state index is -0.666. The van der Waals surface area contributed by atoms with Crippen LogP contribution in [0.25, 0.3) is 0 Å². The highest BCUT2D eigenvalue weighted by molar-refractivity contribution is 6.04. The first-order valence-electron chi connectivity index (χ1n) is 7.38. The molecule has 0 spiro atoms. The monoisotopic (exact) mass is 313 g/mol. The molecule has 2 heterocycles. The number of rotatable bonds is 3. The minimum Gasteiger partial charge on any atom is -0.322 e. The fourth-order valence-electron chi connectivity index (χ4n) is 2.70. The lowest BCUT2D eigenvalue weighted by atomic mass is 10.1. The van der Waals surface area contributed by atoms with E-state index in [2.05, 4.69) is 10.3 Å². The molecule has 6 heteroatoms. The topological polar surface area (TPSA) is 62.3 Å². The third-order valence-corrected chi connectivity index (χ3v) is 3.84. The summed E-state index contributed by atoms with van der Waals surface area (Å²) in [6.45, 7) is 2.59. The number of halogens is 1. The van der Waals surface area contributed by atoms with E-state index in [1.54, 1.807) is 23.1 Å². The highest BCUT2D eigenvalue weighted by Crippen LogP contribution is 2.27. The third-order valence-electron chi connectivity index (χ3n) is 3.84. The Morgan fingerprint density at radius 3 is 2.83 bits per heavy atom. The number of hydrogen-bond donors (Lipinski definition) is 1. The Morgan fingerprint density at radius 1 is 1.35 bits per heavy atom. The molecule has 23 heavy (non-hydrogen) atoms. The van der Waals surface area contributed by atoms with Gasteiger partial charge in [0.2, 0.25) is 5.91 Å². The van der Waals surface area contributed by atoms with E-state index < -0.39 is 11.7 Å². The van der Waals surface area contributed by atoms with Crippen LogP contribution in [0.5, 0.6) is 0 Å². The number of nitrogens with one attached hydrogen (secondary N) is 1. The van der Waals surface area contributed by atoms with Crippen molar-refractivity contribution >= 4 is 23.2 Å². The van der Waals surface area contributed by atoms with Crippen LogP contribution in [0.4, 0.5) is 15.8 Å². The standard InChI is InChI=1S/C17H16FN3O2/c1-11-9-12(4-5-15(11)21-8-2-3-16(21)22)20-17(23)13-6-7-19-10-14(13)18/h4-7,9-10H,2-3,8H2,1H3,(H,20,23). The maximum absolute atomic E-state index is 13.6. The lowest BCUT2D eigenvalue weighted by Gasteiger charge is -2.19. The molecular weight excluding hydrogens is 297 g/mol. The van der Waals surface area contributed by atoms with E-state index >= 15 is 0 Å². The second-order valence-corrected chi connectivity index (χ2v) is 5.46. The predicted molar refractivity (Wildman–Crippen MR) is 84.9 cm³/mol. The number of hydrogen-bond acceptors (Lipinski definition) is 3. The summed E-state index contributed by atoms with van der Waals surface area (Å²) in [5.41, 5.74) is 2.23. The summed E-state index contributed by atoms with van der Waals surface area (Å²) in [4.78, 5) is 29.3. The van der Waals surface area contributed by atoms with Gasteiger partial charge in [-0.15, -0.1) is 0 Å². The molecule has 1 aromatic heterocycles. The lowest BCUT2D eigenvalue weighted by Crippen LogP contribution is -2.24. The Labute approximate surface area is 133 Å². The van der Waals surface area contributed by atoms with Gasteiger partial charge in [0.05, 0.1) is 11.8 Å². The molecule has 0 saturated carbocycles. The molecule has 1 saturated heterocycles. The Hall–Kier alpha value is -2.76. The van der Waals surface area contributed by atoms with Crippen molar-refractivity contribution in [3.63, 3.8) is 0 Å². The Morgan fingerprint density at radius 2 is 2.17 bits per heavy atom. The second-order valence-electron chi connectivity index (χ2n) is 5.46. The normalized spacial score (nSPS) is 14.2. The summed E-state index contributed by atoms with van der Waals surface area (Å²) >= 11 is 0. The smallest absolute Gasteiger partial charge is 0.258 e. The van der Waals surface area contributed by atoms with Gasteiger partial charge in [0.1, 0.15) is 0 Å². The van der Waals surface area contributed by atoms with Crippen molar-refractivity contribution in [2.24, 2.45) is 0 Å². The molecule has 2 aromatic rings. The van der Waals surface area contributed by atoms with Crippen LogP contribution < -0.4 is 10.2 Å². The zero-order valence-electron chi connectivity index (χ0n) is 12.7. The zero-order valence-corrected chi connectivity index (χ0v) is 12.7. The summed E-state index contributed by atoms with van der Waals surface area (Å²) in [6.07, 6.45) is 3.80. The number of pyridine rings is 1. The molecule has 2 amide bonds. The van der Waals surface area contributed by atoms with Gasteiger partial charge in [-0.05, 0) is 43.2 Å². The van der Waals surface area contributed by atoms with Crippen molar-refractivity contribution in [2.45, 2.75) is 19.8 Å². The van der Waals surface area contributed by atoms with Gasteiger partial charge in [0.15, 0.2) is 5.82 Å². The molecule has 0 radical (unpaired) electrons. The van der Waals surface area contributed by atoms with Crippen molar-refractivity contribution in [3.05, 3.63) is 53.6 Å². The second kappa shape index (κ2) is 6.16. The maximum atomic E-state index is 13.6. The molecular formula is C17H16FN3O2. The average Bonchev–Trinajstić information content (AvgIpc) is 2.94. The number of nitrogens with zero attached hydrogens (tertiary/aromatic N) is 2. The van der Waals surface area contributed by atoms with Gasteiger partial charge >= 0.3 is 0 Å². The molecule has 118 valence electrons. The first-order valence-corrected chi connectivity index (χ1v) is 7.38. The van der Waals surface area contributed by atoms with E-state index in [4.69, 9.17) is 0 Å². The van der Waals surface area contributed by atoms with E-state index in [1.165, 1.54) is 12.3 Å². The molecule has 1 aromatic carbocycles. The van der Waals surface area contributed by atoms with Gasteiger partial charge in [-0.25, -0.2) is 4.39 Å². The number of benzene rings is 1. The molecule has 5 nitrogen and oxygen atoms in total. The number of carbonyl (C=O) groups is 2. The molecule has 3 rings (SSSR count). The lowest BCUT2D eigenvalue weighted by molar-refractivity contribution is -0.117. The summed E-state index contributed by atoms with van der Waals surface area (Å²) < 4.78 is 13.6. The first kappa shape index (κ1) is 15.1. The van der Waals surface area contributed by atoms with Crippen molar-refractivity contribution in [1.82, 2.24) is 4.98 Å². The zero-order chi connectivity index (χ0) is 16.4. The van der Waals surface area contributed by atoms with Crippen LogP contribution in [0.15, 0.2) is 36.7 Å². The Kier molecular flexibility index (Phi) is 4.06. The summed E-state index contributed by atoms with van der Waals surface area (Å²) in [5.74, 6) is -1.08. The fraction of sp³-hybridized carbons (Fsp3) is 0.235. The van der Waals surface area contributed by atoms with Crippen molar-refractivity contribution in [1.29, 1.82) is 0 Å². The highest BCUT2D eigenvalue weighted by Gasteiger charge is 2.23. The number of aromatic nitrogens is 1. The first-order chi connectivity index (χ1) is 11.1. The van der Waals surface area contributed by atoms with Crippen molar-refractivity contribution < 1.29 is 14.0 Å². The van der Waals surface area contributed by atoms with Crippen molar-refractivity contribution in [3.8, 4) is 0 Å². The third kappa shape index (κ3) is 3.06. The van der Waals surface area contributed by atoms with Crippen LogP contribution >= 0.6 is 0 Å². The van der Waals surface area contributed by atoms with Gasteiger partial charge in [-0.3, -0.25) is 14.6 Å².